The average Bonchev–Trinajstić information content (AvgIpc) is 2.16. The van der Waals surface area contributed by atoms with Crippen LogP contribution in [-0.2, 0) is 15.8 Å². The molecule has 0 aliphatic heterocycles. The summed E-state index contributed by atoms with van der Waals surface area (Å²) in [5, 5.41) is 0. The highest BCUT2D eigenvalue weighted by atomic mass is 32.2. The van der Waals surface area contributed by atoms with Crippen LogP contribution in [0.4, 0.5) is 5.69 Å². The number of hydrogen-bond acceptors (Lipinski definition) is 3. The fourth-order valence-electron chi connectivity index (χ4n) is 1.65. The van der Waals surface area contributed by atoms with Crippen LogP contribution in [0.15, 0.2) is 24.3 Å². The summed E-state index contributed by atoms with van der Waals surface area (Å²) in [6, 6.07) is 7.08. The number of rotatable bonds is 4. The van der Waals surface area contributed by atoms with E-state index in [2.05, 4.69) is 4.72 Å². The molecule has 0 saturated heterocycles. The van der Waals surface area contributed by atoms with Crippen molar-refractivity contribution in [2.24, 2.45) is 0 Å². The van der Waals surface area contributed by atoms with E-state index in [-0.39, 0.29) is 11.8 Å². The number of benzene rings is 1. The van der Waals surface area contributed by atoms with Crippen LogP contribution in [0.5, 0.6) is 0 Å². The summed E-state index contributed by atoms with van der Waals surface area (Å²) in [6.45, 7) is 0. The van der Waals surface area contributed by atoms with Crippen molar-refractivity contribution in [1.82, 2.24) is 4.72 Å². The number of nitrogen functional groups attached to an aromatic ring is 1. The third-order valence-electron chi connectivity index (χ3n) is 2.79. The molecular formula is C11H16N2O2S. The van der Waals surface area contributed by atoms with Crippen LogP contribution in [0, 0.1) is 0 Å². The third kappa shape index (κ3) is 2.96. The first-order valence-electron chi connectivity index (χ1n) is 5.39. The van der Waals surface area contributed by atoms with Crippen molar-refractivity contribution in [3.63, 3.8) is 0 Å². The maximum absolute atomic E-state index is 11.7. The molecule has 1 aromatic rings. The Hall–Kier alpha value is -1.07. The van der Waals surface area contributed by atoms with Gasteiger partial charge in [0.05, 0.1) is 5.75 Å². The van der Waals surface area contributed by atoms with E-state index >= 15 is 0 Å². The van der Waals surface area contributed by atoms with Crippen LogP contribution in [0.3, 0.4) is 0 Å². The lowest BCUT2D eigenvalue weighted by atomic mass is 9.94. The smallest absolute Gasteiger partial charge is 0.216 e. The monoisotopic (exact) mass is 240 g/mol. The van der Waals surface area contributed by atoms with Gasteiger partial charge < -0.3 is 5.73 Å². The minimum absolute atomic E-state index is 0.0315. The zero-order valence-electron chi connectivity index (χ0n) is 9.02. The van der Waals surface area contributed by atoms with Crippen molar-refractivity contribution in [3.8, 4) is 0 Å². The molecule has 0 spiro atoms. The average molecular weight is 240 g/mol. The van der Waals surface area contributed by atoms with Gasteiger partial charge >= 0.3 is 0 Å². The molecule has 1 aliphatic carbocycles. The summed E-state index contributed by atoms with van der Waals surface area (Å²) >= 11 is 0. The maximum atomic E-state index is 11.7. The molecule has 88 valence electrons. The van der Waals surface area contributed by atoms with E-state index in [4.69, 9.17) is 5.73 Å². The zero-order valence-corrected chi connectivity index (χ0v) is 9.83. The van der Waals surface area contributed by atoms with Crippen molar-refractivity contribution in [2.75, 3.05) is 5.73 Å². The van der Waals surface area contributed by atoms with Gasteiger partial charge in [-0.05, 0) is 30.5 Å². The molecule has 0 bridgehead atoms. The second-order valence-corrected chi connectivity index (χ2v) is 6.00. The third-order valence-corrected chi connectivity index (χ3v) is 4.19. The molecule has 1 aromatic carbocycles. The molecule has 0 aromatic heterocycles. The van der Waals surface area contributed by atoms with Crippen LogP contribution < -0.4 is 10.5 Å². The van der Waals surface area contributed by atoms with Gasteiger partial charge in [-0.15, -0.1) is 0 Å². The largest absolute Gasteiger partial charge is 0.399 e. The maximum Gasteiger partial charge on any atom is 0.216 e. The van der Waals surface area contributed by atoms with Crippen LogP contribution in [0.2, 0.25) is 0 Å². The fraction of sp³-hybridized carbons (Fsp3) is 0.455. The zero-order chi connectivity index (χ0) is 11.6. The van der Waals surface area contributed by atoms with Crippen molar-refractivity contribution in [2.45, 2.75) is 31.1 Å². The number of nitrogens with one attached hydrogen (secondary N) is 1. The van der Waals surface area contributed by atoms with Gasteiger partial charge in [-0.3, -0.25) is 0 Å². The van der Waals surface area contributed by atoms with E-state index in [0.717, 1.165) is 24.8 Å². The SMILES string of the molecule is Nc1ccc(CS(=O)(=O)NC2CCC2)cc1. The highest BCUT2D eigenvalue weighted by molar-refractivity contribution is 7.88. The topological polar surface area (TPSA) is 72.2 Å². The molecule has 16 heavy (non-hydrogen) atoms. The molecule has 1 saturated carbocycles. The fourth-order valence-corrected chi connectivity index (χ4v) is 3.11. The molecule has 0 unspecified atom stereocenters. The molecule has 0 heterocycles. The van der Waals surface area contributed by atoms with Crippen LogP contribution in [0.25, 0.3) is 0 Å². The lowest BCUT2D eigenvalue weighted by Gasteiger charge is -2.26. The molecule has 1 aliphatic rings. The molecular weight excluding hydrogens is 224 g/mol. The first kappa shape index (κ1) is 11.4. The number of nitrogens with two attached hydrogens (primary N) is 1. The summed E-state index contributed by atoms with van der Waals surface area (Å²) in [7, 11) is -3.20. The standard InChI is InChI=1S/C11H16N2O2S/c12-10-6-4-9(5-7-10)8-16(14,15)13-11-2-1-3-11/h4-7,11,13H,1-3,8,12H2. The summed E-state index contributed by atoms with van der Waals surface area (Å²) in [6.07, 6.45) is 3.04. The van der Waals surface area contributed by atoms with Gasteiger partial charge in [0.1, 0.15) is 0 Å². The predicted molar refractivity (Wildman–Crippen MR) is 64.3 cm³/mol. The van der Waals surface area contributed by atoms with E-state index < -0.39 is 10.0 Å². The molecule has 3 N–H and O–H groups in total. The van der Waals surface area contributed by atoms with Gasteiger partial charge in [-0.25, -0.2) is 13.1 Å². The van der Waals surface area contributed by atoms with Gasteiger partial charge in [-0.1, -0.05) is 18.6 Å². The van der Waals surface area contributed by atoms with Gasteiger partial charge in [-0.2, -0.15) is 0 Å². The molecule has 5 heteroatoms. The summed E-state index contributed by atoms with van der Waals surface area (Å²) < 4.78 is 26.2. The van der Waals surface area contributed by atoms with Crippen molar-refractivity contribution < 1.29 is 8.42 Å². The van der Waals surface area contributed by atoms with Crippen molar-refractivity contribution in [1.29, 1.82) is 0 Å². The first-order chi connectivity index (χ1) is 7.55. The van der Waals surface area contributed by atoms with Crippen LogP contribution >= 0.6 is 0 Å². The number of sulfonamides is 1. The Kier molecular flexibility index (Phi) is 3.16. The molecule has 4 nitrogen and oxygen atoms in total. The second kappa shape index (κ2) is 4.43. The van der Waals surface area contributed by atoms with Gasteiger partial charge in [0.2, 0.25) is 10.0 Å². The van der Waals surface area contributed by atoms with Gasteiger partial charge in [0, 0.05) is 11.7 Å². The Morgan fingerprint density at radius 1 is 1.25 bits per heavy atom. The Bertz CT molecular complexity index is 449. The van der Waals surface area contributed by atoms with E-state index in [1.165, 1.54) is 0 Å². The van der Waals surface area contributed by atoms with E-state index in [9.17, 15) is 8.42 Å². The lowest BCUT2D eigenvalue weighted by Crippen LogP contribution is -2.39. The quantitative estimate of drug-likeness (QED) is 0.778. The van der Waals surface area contributed by atoms with Gasteiger partial charge in [0.25, 0.3) is 0 Å². The molecule has 2 rings (SSSR count). The molecule has 0 radical (unpaired) electrons. The van der Waals surface area contributed by atoms with Crippen molar-refractivity contribution >= 4 is 15.7 Å². The summed E-state index contributed by atoms with van der Waals surface area (Å²) in [5.41, 5.74) is 6.95. The van der Waals surface area contributed by atoms with Crippen LogP contribution in [-0.4, -0.2) is 14.5 Å². The van der Waals surface area contributed by atoms with E-state index in [0.29, 0.717) is 5.69 Å². The lowest BCUT2D eigenvalue weighted by molar-refractivity contribution is 0.383. The van der Waals surface area contributed by atoms with E-state index in [1.54, 1.807) is 24.3 Å². The highest BCUT2D eigenvalue weighted by Gasteiger charge is 2.23. The Morgan fingerprint density at radius 3 is 2.38 bits per heavy atom. The highest BCUT2D eigenvalue weighted by Crippen LogP contribution is 2.19. The Balaban J connectivity index is 1.99. The molecule has 1 fully saturated rings. The summed E-state index contributed by atoms with van der Waals surface area (Å²) in [4.78, 5) is 0. The van der Waals surface area contributed by atoms with Crippen LogP contribution in [0.1, 0.15) is 24.8 Å². The first-order valence-corrected chi connectivity index (χ1v) is 7.05. The number of anilines is 1. The second-order valence-electron chi connectivity index (χ2n) is 4.25. The minimum Gasteiger partial charge on any atom is -0.399 e. The molecule has 0 amide bonds. The Labute approximate surface area is 95.9 Å². The summed E-state index contributed by atoms with van der Waals surface area (Å²) in [5.74, 6) is 0.0315. The minimum atomic E-state index is -3.20. The molecule has 0 atom stereocenters. The van der Waals surface area contributed by atoms with Crippen molar-refractivity contribution in [3.05, 3.63) is 29.8 Å². The Morgan fingerprint density at radius 2 is 1.88 bits per heavy atom. The van der Waals surface area contributed by atoms with Gasteiger partial charge in [0.15, 0.2) is 0 Å². The van der Waals surface area contributed by atoms with E-state index in [1.807, 2.05) is 0 Å². The number of hydrogen-bond donors (Lipinski definition) is 2. The predicted octanol–water partition coefficient (Wildman–Crippen LogP) is 1.24. The normalized spacial score (nSPS) is 17.0.